The number of carbonyl (C=O) groups excluding carboxylic acids is 1. The lowest BCUT2D eigenvalue weighted by molar-refractivity contribution is 0.0350. The summed E-state index contributed by atoms with van der Waals surface area (Å²) in [5, 5.41) is 12.8. The normalized spacial score (nSPS) is 20.4. The zero-order valence-electron chi connectivity index (χ0n) is 18.0. The van der Waals surface area contributed by atoms with E-state index >= 15 is 0 Å². The van der Waals surface area contributed by atoms with Crippen molar-refractivity contribution in [3.8, 4) is 11.3 Å². The van der Waals surface area contributed by atoms with Crippen molar-refractivity contribution in [2.45, 2.75) is 44.9 Å². The van der Waals surface area contributed by atoms with Crippen molar-refractivity contribution in [2.24, 2.45) is 0 Å². The third kappa shape index (κ3) is 7.05. The summed E-state index contributed by atoms with van der Waals surface area (Å²) in [5.74, 6) is 0.893. The number of halogens is 1. The number of aromatic nitrogens is 2. The number of allylic oxidation sites excluding steroid dienone is 2. The van der Waals surface area contributed by atoms with Crippen molar-refractivity contribution >= 4 is 22.0 Å². The van der Waals surface area contributed by atoms with Gasteiger partial charge >= 0.3 is 6.09 Å². The zero-order chi connectivity index (χ0) is 22.4. The molecule has 0 radical (unpaired) electrons. The number of aromatic amines is 1. The van der Waals surface area contributed by atoms with Crippen molar-refractivity contribution in [2.75, 3.05) is 13.1 Å². The summed E-state index contributed by atoms with van der Waals surface area (Å²) in [7, 11) is 0. The van der Waals surface area contributed by atoms with Gasteiger partial charge in [-0.05, 0) is 51.0 Å². The maximum atomic E-state index is 11.4. The highest BCUT2D eigenvalue weighted by molar-refractivity contribution is 9.10. The minimum atomic E-state index is -0.425. The van der Waals surface area contributed by atoms with Crippen molar-refractivity contribution in [1.29, 1.82) is 0 Å². The minimum absolute atomic E-state index is 0.129. The molecule has 1 amide bonds. The summed E-state index contributed by atoms with van der Waals surface area (Å²) in [6, 6.07) is 8.22. The van der Waals surface area contributed by atoms with Gasteiger partial charge in [-0.25, -0.2) is 9.78 Å². The first-order chi connectivity index (χ1) is 14.7. The van der Waals surface area contributed by atoms with E-state index in [1.54, 1.807) is 6.20 Å². The van der Waals surface area contributed by atoms with Crippen LogP contribution < -0.4 is 5.32 Å². The van der Waals surface area contributed by atoms with E-state index in [0.29, 0.717) is 19.5 Å². The molecule has 1 aromatic heterocycles. The van der Waals surface area contributed by atoms with Gasteiger partial charge in [-0.15, -0.1) is 0 Å². The molecule has 2 aliphatic heterocycles. The van der Waals surface area contributed by atoms with Crippen molar-refractivity contribution in [3.05, 3.63) is 65.2 Å². The van der Waals surface area contributed by atoms with Gasteiger partial charge in [0, 0.05) is 23.8 Å². The molecule has 2 unspecified atom stereocenters. The van der Waals surface area contributed by atoms with Gasteiger partial charge in [-0.3, -0.25) is 4.90 Å². The Morgan fingerprint density at radius 1 is 1.26 bits per heavy atom. The van der Waals surface area contributed by atoms with Crippen LogP contribution in [0.4, 0.5) is 4.79 Å². The van der Waals surface area contributed by atoms with Crippen LogP contribution in [0.3, 0.4) is 0 Å². The maximum absolute atomic E-state index is 11.4. The van der Waals surface area contributed by atoms with Crippen LogP contribution in [0.15, 0.2) is 59.4 Å². The lowest BCUT2D eigenvalue weighted by Gasteiger charge is -2.25. The van der Waals surface area contributed by atoms with Gasteiger partial charge < -0.3 is 20.1 Å². The van der Waals surface area contributed by atoms with E-state index in [1.165, 1.54) is 4.90 Å². The summed E-state index contributed by atoms with van der Waals surface area (Å²) >= 11 is 3.42. The Morgan fingerprint density at radius 2 is 2.00 bits per heavy atom. The van der Waals surface area contributed by atoms with E-state index in [2.05, 4.69) is 31.2 Å². The van der Waals surface area contributed by atoms with Gasteiger partial charge in [0.15, 0.2) is 0 Å². The second kappa shape index (κ2) is 10.3. The van der Waals surface area contributed by atoms with E-state index in [4.69, 9.17) is 4.74 Å². The third-order valence-electron chi connectivity index (χ3n) is 4.63. The molecule has 2 aliphatic rings. The van der Waals surface area contributed by atoms with Gasteiger partial charge in [-0.1, -0.05) is 40.2 Å². The predicted molar refractivity (Wildman–Crippen MR) is 124 cm³/mol. The van der Waals surface area contributed by atoms with Crippen LogP contribution in [0, 0.1) is 0 Å². The van der Waals surface area contributed by atoms with Gasteiger partial charge in [0.1, 0.15) is 11.4 Å². The summed E-state index contributed by atoms with van der Waals surface area (Å²) in [5.41, 5.74) is 1.68. The number of imidazole rings is 1. The Kier molecular flexibility index (Phi) is 7.69. The molecular formula is C23H29BrN4O3. The van der Waals surface area contributed by atoms with Crippen LogP contribution in [-0.4, -0.2) is 50.9 Å². The first-order valence-corrected chi connectivity index (χ1v) is 11.1. The number of carbonyl (C=O) groups is 1. The number of benzene rings is 1. The zero-order valence-corrected chi connectivity index (χ0v) is 19.6. The SMILES string of the molecule is CC(C)(C)OC(=O)N1C=CC=CC1.OC1CNC(c2ncc(-c3ccc(Br)cc3)[nH]2)C1. The summed E-state index contributed by atoms with van der Waals surface area (Å²) in [6.07, 6.45) is 9.33. The molecule has 3 heterocycles. The number of ether oxygens (including phenoxy) is 1. The Bertz CT molecular complexity index is 931. The lowest BCUT2D eigenvalue weighted by atomic mass is 10.2. The van der Waals surface area contributed by atoms with Gasteiger partial charge in [0.2, 0.25) is 0 Å². The topological polar surface area (TPSA) is 90.5 Å². The highest BCUT2D eigenvalue weighted by Gasteiger charge is 2.25. The molecule has 0 saturated carbocycles. The van der Waals surface area contributed by atoms with Crippen molar-refractivity contribution in [3.63, 3.8) is 0 Å². The standard InChI is InChI=1S/C13H14BrN3O.C10H15NO2/c14-9-3-1-8(2-4-9)12-7-16-13(17-12)11-5-10(18)6-15-11;1-10(2,3)13-9(12)11-7-5-4-6-8-11/h1-4,7,10-11,15,18H,5-6H2,(H,16,17);4-7H,8H2,1-3H3. The third-order valence-corrected chi connectivity index (χ3v) is 5.16. The fraction of sp³-hybridized carbons (Fsp3) is 0.391. The van der Waals surface area contributed by atoms with Gasteiger partial charge in [0.05, 0.1) is 24.0 Å². The number of aliphatic hydroxyl groups excluding tert-OH is 1. The Hall–Kier alpha value is -2.42. The number of hydrogen-bond donors (Lipinski definition) is 3. The molecule has 0 spiro atoms. The largest absolute Gasteiger partial charge is 0.443 e. The van der Waals surface area contributed by atoms with Crippen molar-refractivity contribution in [1.82, 2.24) is 20.2 Å². The van der Waals surface area contributed by atoms with E-state index in [9.17, 15) is 9.90 Å². The maximum Gasteiger partial charge on any atom is 0.414 e. The molecule has 3 N–H and O–H groups in total. The summed E-state index contributed by atoms with van der Waals surface area (Å²) in [6.45, 7) is 6.79. The van der Waals surface area contributed by atoms with Crippen LogP contribution in [0.1, 0.15) is 39.1 Å². The molecular weight excluding hydrogens is 460 g/mol. The number of nitrogens with zero attached hydrogens (tertiary/aromatic N) is 2. The number of aliphatic hydroxyl groups is 1. The summed E-state index contributed by atoms with van der Waals surface area (Å²) in [4.78, 5) is 20.7. The highest BCUT2D eigenvalue weighted by Crippen LogP contribution is 2.25. The first kappa shape index (κ1) is 23.2. The quantitative estimate of drug-likeness (QED) is 0.576. The second-order valence-corrected chi connectivity index (χ2v) is 9.36. The molecule has 2 aromatic rings. The van der Waals surface area contributed by atoms with Crippen LogP contribution in [-0.2, 0) is 4.74 Å². The first-order valence-electron chi connectivity index (χ1n) is 10.3. The van der Waals surface area contributed by atoms with E-state index < -0.39 is 5.60 Å². The molecule has 8 heteroatoms. The number of H-pyrrole nitrogens is 1. The number of amides is 1. The number of hydrogen-bond acceptors (Lipinski definition) is 5. The monoisotopic (exact) mass is 488 g/mol. The molecule has 1 saturated heterocycles. The predicted octanol–water partition coefficient (Wildman–Crippen LogP) is 4.54. The fourth-order valence-electron chi connectivity index (χ4n) is 3.14. The second-order valence-electron chi connectivity index (χ2n) is 8.44. The molecule has 31 heavy (non-hydrogen) atoms. The molecule has 2 atom stereocenters. The molecule has 0 bridgehead atoms. The highest BCUT2D eigenvalue weighted by atomic mass is 79.9. The number of β-amino-alcohol motifs (C(OH)–C–C–N with tert-alkyl or cyclic N) is 1. The van der Waals surface area contributed by atoms with E-state index in [1.807, 2.05) is 69.5 Å². The number of nitrogens with one attached hydrogen (secondary N) is 2. The Labute approximate surface area is 191 Å². The lowest BCUT2D eigenvalue weighted by Crippen LogP contribution is -2.34. The molecule has 1 aromatic carbocycles. The Balaban J connectivity index is 0.000000187. The van der Waals surface area contributed by atoms with Crippen LogP contribution >= 0.6 is 15.9 Å². The Morgan fingerprint density at radius 3 is 2.58 bits per heavy atom. The van der Waals surface area contributed by atoms with E-state index in [0.717, 1.165) is 21.6 Å². The smallest absolute Gasteiger partial charge is 0.414 e. The molecule has 1 fully saturated rings. The van der Waals surface area contributed by atoms with Crippen LogP contribution in [0.2, 0.25) is 0 Å². The van der Waals surface area contributed by atoms with Crippen LogP contribution in [0.5, 0.6) is 0 Å². The average Bonchev–Trinajstić information content (AvgIpc) is 3.38. The molecule has 0 aliphatic carbocycles. The summed E-state index contributed by atoms with van der Waals surface area (Å²) < 4.78 is 6.24. The van der Waals surface area contributed by atoms with Gasteiger partial charge in [0.25, 0.3) is 0 Å². The fourth-order valence-corrected chi connectivity index (χ4v) is 3.40. The molecule has 4 rings (SSSR count). The van der Waals surface area contributed by atoms with E-state index in [-0.39, 0.29) is 18.2 Å². The average molecular weight is 489 g/mol. The van der Waals surface area contributed by atoms with Crippen LogP contribution in [0.25, 0.3) is 11.3 Å². The minimum Gasteiger partial charge on any atom is -0.443 e. The van der Waals surface area contributed by atoms with Gasteiger partial charge in [-0.2, -0.15) is 0 Å². The molecule has 7 nitrogen and oxygen atoms in total. The number of rotatable bonds is 2. The molecule has 166 valence electrons. The van der Waals surface area contributed by atoms with Crippen molar-refractivity contribution < 1.29 is 14.6 Å².